The van der Waals surface area contributed by atoms with Crippen molar-refractivity contribution in [2.45, 2.75) is 33.6 Å². The number of fused-ring (bicyclic) bond motifs is 1. The van der Waals surface area contributed by atoms with Gasteiger partial charge in [0.25, 0.3) is 0 Å². The zero-order valence-corrected chi connectivity index (χ0v) is 15.0. The normalized spacial score (nSPS) is 11.0. The van der Waals surface area contributed by atoms with E-state index in [1.165, 1.54) is 11.1 Å². The van der Waals surface area contributed by atoms with Gasteiger partial charge in [0, 0.05) is 23.9 Å². The van der Waals surface area contributed by atoms with Crippen molar-refractivity contribution in [3.8, 4) is 11.3 Å². The first-order valence-corrected chi connectivity index (χ1v) is 8.56. The van der Waals surface area contributed by atoms with Crippen LogP contribution in [0.25, 0.3) is 16.9 Å². The van der Waals surface area contributed by atoms with E-state index in [1.54, 1.807) is 0 Å². The average molecular weight is 336 g/mol. The number of carbonyl (C=O) groups is 1. The average Bonchev–Trinajstić information content (AvgIpc) is 2.92. The Morgan fingerprint density at radius 2 is 2.00 bits per heavy atom. The minimum atomic E-state index is -0.0164. The lowest BCUT2D eigenvalue weighted by molar-refractivity contribution is -0.116. The van der Waals surface area contributed by atoms with E-state index in [-0.39, 0.29) is 5.91 Å². The van der Waals surface area contributed by atoms with E-state index < -0.39 is 0 Å². The van der Waals surface area contributed by atoms with Crippen LogP contribution in [0.15, 0.2) is 36.5 Å². The van der Waals surface area contributed by atoms with Crippen LogP contribution in [-0.4, -0.2) is 21.8 Å². The molecule has 3 N–H and O–H groups in total. The molecule has 0 fully saturated rings. The smallest absolute Gasteiger partial charge is 0.224 e. The number of amides is 1. The van der Waals surface area contributed by atoms with E-state index >= 15 is 0 Å². The number of hydrogen-bond donors (Lipinski definition) is 2. The first-order valence-electron chi connectivity index (χ1n) is 8.56. The van der Waals surface area contributed by atoms with Crippen LogP contribution in [0.4, 0.5) is 5.69 Å². The summed E-state index contributed by atoms with van der Waals surface area (Å²) in [4.78, 5) is 16.7. The molecular formula is C20H24N4O. The van der Waals surface area contributed by atoms with Gasteiger partial charge in [0.1, 0.15) is 5.65 Å². The van der Waals surface area contributed by atoms with Crippen molar-refractivity contribution in [1.82, 2.24) is 9.38 Å². The number of benzene rings is 1. The van der Waals surface area contributed by atoms with Crippen molar-refractivity contribution >= 4 is 17.2 Å². The Labute approximate surface area is 147 Å². The van der Waals surface area contributed by atoms with E-state index in [1.807, 2.05) is 22.7 Å². The highest BCUT2D eigenvalue weighted by Crippen LogP contribution is 2.28. The molecule has 0 saturated heterocycles. The fraction of sp³-hybridized carbons (Fsp3) is 0.300. The van der Waals surface area contributed by atoms with Crippen molar-refractivity contribution in [1.29, 1.82) is 0 Å². The molecule has 0 spiro atoms. The number of anilines is 1. The van der Waals surface area contributed by atoms with Crippen molar-refractivity contribution in [3.05, 3.63) is 53.3 Å². The maximum Gasteiger partial charge on any atom is 0.224 e. The van der Waals surface area contributed by atoms with Crippen LogP contribution in [0.5, 0.6) is 0 Å². The Morgan fingerprint density at radius 3 is 2.76 bits per heavy atom. The van der Waals surface area contributed by atoms with Gasteiger partial charge in [-0.15, -0.1) is 0 Å². The Morgan fingerprint density at radius 1 is 1.20 bits per heavy atom. The van der Waals surface area contributed by atoms with Gasteiger partial charge < -0.3 is 15.5 Å². The molecule has 0 aliphatic rings. The molecule has 0 bridgehead atoms. The number of rotatable bonds is 5. The van der Waals surface area contributed by atoms with Gasteiger partial charge in [-0.25, -0.2) is 4.98 Å². The van der Waals surface area contributed by atoms with Gasteiger partial charge in [-0.3, -0.25) is 4.79 Å². The maximum atomic E-state index is 11.9. The fourth-order valence-corrected chi connectivity index (χ4v) is 2.97. The lowest BCUT2D eigenvalue weighted by Gasteiger charge is -2.07. The molecule has 0 unspecified atom stereocenters. The first kappa shape index (κ1) is 17.2. The van der Waals surface area contributed by atoms with Crippen molar-refractivity contribution in [2.24, 2.45) is 5.73 Å². The number of nitrogens with one attached hydrogen (secondary N) is 1. The molecule has 1 amide bonds. The Bertz CT molecular complexity index is 927. The summed E-state index contributed by atoms with van der Waals surface area (Å²) in [6, 6.07) is 10.2. The molecule has 2 heterocycles. The number of aromatic nitrogens is 2. The monoisotopic (exact) mass is 336 g/mol. The third-order valence-electron chi connectivity index (χ3n) is 4.40. The van der Waals surface area contributed by atoms with Gasteiger partial charge in [-0.05, 0) is 57.5 Å². The Hall–Kier alpha value is -2.66. The molecule has 130 valence electrons. The van der Waals surface area contributed by atoms with Crippen molar-refractivity contribution in [2.75, 3.05) is 11.9 Å². The van der Waals surface area contributed by atoms with Crippen LogP contribution in [0.1, 0.15) is 29.7 Å². The molecule has 0 radical (unpaired) electrons. The topological polar surface area (TPSA) is 72.4 Å². The number of imidazole rings is 1. The number of aryl methyl sites for hydroxylation is 3. The zero-order chi connectivity index (χ0) is 18.0. The van der Waals surface area contributed by atoms with Crippen LogP contribution in [0, 0.1) is 20.8 Å². The minimum absolute atomic E-state index is 0.0164. The third-order valence-corrected chi connectivity index (χ3v) is 4.40. The summed E-state index contributed by atoms with van der Waals surface area (Å²) in [5.41, 5.74) is 12.7. The van der Waals surface area contributed by atoms with Gasteiger partial charge in [-0.1, -0.05) is 17.7 Å². The standard InChI is InChI=1S/C20H24N4O/c1-13-6-7-14(2)17(11-13)20-15(3)24-12-16(8-9-18(24)23-20)22-19(25)5-4-10-21/h6-9,11-12H,4-5,10,21H2,1-3H3,(H,22,25). The van der Waals surface area contributed by atoms with Gasteiger partial charge in [0.15, 0.2) is 0 Å². The first-order chi connectivity index (χ1) is 12.0. The Balaban J connectivity index is 1.97. The fourth-order valence-electron chi connectivity index (χ4n) is 2.97. The summed E-state index contributed by atoms with van der Waals surface area (Å²) in [5, 5.41) is 2.92. The van der Waals surface area contributed by atoms with Gasteiger partial charge >= 0.3 is 0 Å². The van der Waals surface area contributed by atoms with Crippen LogP contribution < -0.4 is 11.1 Å². The Kier molecular flexibility index (Phi) is 4.86. The van der Waals surface area contributed by atoms with Crippen molar-refractivity contribution < 1.29 is 4.79 Å². The van der Waals surface area contributed by atoms with Crippen LogP contribution in [-0.2, 0) is 4.79 Å². The minimum Gasteiger partial charge on any atom is -0.330 e. The van der Waals surface area contributed by atoms with Crippen molar-refractivity contribution in [3.63, 3.8) is 0 Å². The van der Waals surface area contributed by atoms with E-state index in [9.17, 15) is 4.79 Å². The summed E-state index contributed by atoms with van der Waals surface area (Å²) < 4.78 is 2.02. The molecule has 3 aromatic rings. The van der Waals surface area contributed by atoms with Crippen LogP contribution in [0.2, 0.25) is 0 Å². The van der Waals surface area contributed by atoms with Crippen LogP contribution in [0.3, 0.4) is 0 Å². The number of nitrogens with two attached hydrogens (primary N) is 1. The number of carbonyl (C=O) groups excluding carboxylic acids is 1. The lowest BCUT2D eigenvalue weighted by atomic mass is 10.0. The highest BCUT2D eigenvalue weighted by molar-refractivity contribution is 5.90. The molecule has 5 nitrogen and oxygen atoms in total. The second-order valence-electron chi connectivity index (χ2n) is 6.45. The largest absolute Gasteiger partial charge is 0.330 e. The number of pyridine rings is 1. The third kappa shape index (κ3) is 3.56. The summed E-state index contributed by atoms with van der Waals surface area (Å²) in [7, 11) is 0. The van der Waals surface area contributed by atoms with Crippen LogP contribution >= 0.6 is 0 Å². The molecule has 0 aliphatic heterocycles. The van der Waals surface area contributed by atoms with E-state index in [0.717, 1.165) is 28.3 Å². The van der Waals surface area contributed by atoms with E-state index in [4.69, 9.17) is 10.7 Å². The summed E-state index contributed by atoms with van der Waals surface area (Å²) in [6.07, 6.45) is 3.05. The van der Waals surface area contributed by atoms with E-state index in [2.05, 4.69) is 44.3 Å². The molecule has 2 aromatic heterocycles. The summed E-state index contributed by atoms with van der Waals surface area (Å²) >= 11 is 0. The molecule has 3 rings (SSSR count). The number of hydrogen-bond acceptors (Lipinski definition) is 3. The predicted molar refractivity (Wildman–Crippen MR) is 102 cm³/mol. The molecule has 1 aromatic carbocycles. The predicted octanol–water partition coefficient (Wildman–Crippen LogP) is 3.60. The molecule has 0 aliphatic carbocycles. The van der Waals surface area contributed by atoms with Gasteiger partial charge in [0.2, 0.25) is 5.91 Å². The molecule has 0 atom stereocenters. The summed E-state index contributed by atoms with van der Waals surface area (Å²) in [5.74, 6) is -0.0164. The molecule has 5 heteroatoms. The molecule has 0 saturated carbocycles. The maximum absolute atomic E-state index is 11.9. The highest BCUT2D eigenvalue weighted by Gasteiger charge is 2.13. The summed E-state index contributed by atoms with van der Waals surface area (Å²) in [6.45, 7) is 6.76. The second-order valence-corrected chi connectivity index (χ2v) is 6.45. The zero-order valence-electron chi connectivity index (χ0n) is 15.0. The quantitative estimate of drug-likeness (QED) is 0.747. The van der Waals surface area contributed by atoms with Gasteiger partial charge in [0.05, 0.1) is 11.4 Å². The number of nitrogens with zero attached hydrogens (tertiary/aromatic N) is 2. The lowest BCUT2D eigenvalue weighted by Crippen LogP contribution is -2.13. The molecular weight excluding hydrogens is 312 g/mol. The van der Waals surface area contributed by atoms with E-state index in [0.29, 0.717) is 19.4 Å². The van der Waals surface area contributed by atoms with Gasteiger partial charge in [-0.2, -0.15) is 0 Å². The SMILES string of the molecule is Cc1ccc(C)c(-c2nc3ccc(NC(=O)CCCN)cn3c2C)c1. The molecule has 25 heavy (non-hydrogen) atoms. The highest BCUT2D eigenvalue weighted by atomic mass is 16.1. The second kappa shape index (κ2) is 7.07.